The zero-order chi connectivity index (χ0) is 21.3. The molecule has 156 valence electrons. The predicted octanol–water partition coefficient (Wildman–Crippen LogP) is 5.03. The van der Waals surface area contributed by atoms with Crippen LogP contribution >= 0.6 is 11.6 Å². The van der Waals surface area contributed by atoms with Crippen molar-refractivity contribution in [1.29, 1.82) is 0 Å². The molecule has 1 aliphatic heterocycles. The topological polar surface area (TPSA) is 59.8 Å². The van der Waals surface area contributed by atoms with Gasteiger partial charge < -0.3 is 14.1 Å². The van der Waals surface area contributed by atoms with Crippen LogP contribution in [0, 0.1) is 5.82 Å². The van der Waals surface area contributed by atoms with Crippen LogP contribution in [0.15, 0.2) is 51.7 Å². The van der Waals surface area contributed by atoms with Crippen LogP contribution in [0.1, 0.15) is 26.2 Å². The Morgan fingerprint density at radius 3 is 2.67 bits per heavy atom. The maximum Gasteiger partial charge on any atom is 0.336 e. The standard InChI is InChI=1S/C23H21ClFNO4/c1-14(23(28)26-10-3-2-4-11-26)29-15-8-9-16-18(13-21(27)30-20(16)12-15)17-6-5-7-19(25)22(17)24/h5-9,12-14H,2-4,10-11H2,1H3. The Hall–Kier alpha value is -2.86. The molecule has 3 aromatic rings. The minimum atomic E-state index is -0.659. The third kappa shape index (κ3) is 4.05. The van der Waals surface area contributed by atoms with E-state index in [1.807, 2.05) is 4.90 Å². The molecule has 2 aromatic carbocycles. The maximum absolute atomic E-state index is 13.9. The van der Waals surface area contributed by atoms with Crippen molar-refractivity contribution in [2.75, 3.05) is 13.1 Å². The number of fused-ring (bicyclic) bond motifs is 1. The fourth-order valence-electron chi connectivity index (χ4n) is 3.78. The van der Waals surface area contributed by atoms with Gasteiger partial charge in [-0.15, -0.1) is 0 Å². The number of nitrogens with zero attached hydrogens (tertiary/aromatic N) is 1. The highest BCUT2D eigenvalue weighted by molar-refractivity contribution is 6.33. The second-order valence-corrected chi connectivity index (χ2v) is 7.76. The van der Waals surface area contributed by atoms with E-state index in [1.54, 1.807) is 31.2 Å². The molecule has 5 nitrogen and oxygen atoms in total. The highest BCUT2D eigenvalue weighted by Crippen LogP contribution is 2.35. The van der Waals surface area contributed by atoms with Gasteiger partial charge in [-0.05, 0) is 44.4 Å². The summed E-state index contributed by atoms with van der Waals surface area (Å²) in [6, 6.07) is 10.7. The van der Waals surface area contributed by atoms with Crippen molar-refractivity contribution in [3.63, 3.8) is 0 Å². The molecule has 0 saturated carbocycles. The molecule has 1 fully saturated rings. The summed E-state index contributed by atoms with van der Waals surface area (Å²) < 4.78 is 25.1. The van der Waals surface area contributed by atoms with Crippen LogP contribution < -0.4 is 10.4 Å². The quantitative estimate of drug-likeness (QED) is 0.545. The lowest BCUT2D eigenvalue weighted by molar-refractivity contribution is -0.138. The van der Waals surface area contributed by atoms with E-state index in [1.165, 1.54) is 18.2 Å². The molecular formula is C23H21ClFNO4. The van der Waals surface area contributed by atoms with Gasteiger partial charge in [0.2, 0.25) is 0 Å². The Bertz CT molecular complexity index is 1150. The summed E-state index contributed by atoms with van der Waals surface area (Å²) in [5.74, 6) is -0.219. The fraction of sp³-hybridized carbons (Fsp3) is 0.304. The van der Waals surface area contributed by atoms with Gasteiger partial charge in [-0.2, -0.15) is 0 Å². The van der Waals surface area contributed by atoms with Gasteiger partial charge in [0, 0.05) is 41.7 Å². The number of carbonyl (C=O) groups is 1. The van der Waals surface area contributed by atoms with E-state index >= 15 is 0 Å². The summed E-state index contributed by atoms with van der Waals surface area (Å²) in [5, 5.41) is 0.523. The molecule has 0 spiro atoms. The van der Waals surface area contributed by atoms with Gasteiger partial charge in [-0.3, -0.25) is 4.79 Å². The van der Waals surface area contributed by atoms with Crippen molar-refractivity contribution in [1.82, 2.24) is 4.90 Å². The average molecular weight is 430 g/mol. The average Bonchev–Trinajstić information content (AvgIpc) is 2.75. The van der Waals surface area contributed by atoms with Crippen molar-refractivity contribution < 1.29 is 18.3 Å². The Kier molecular flexibility index (Phi) is 5.77. The summed E-state index contributed by atoms with van der Waals surface area (Å²) in [6.07, 6.45) is 2.49. The van der Waals surface area contributed by atoms with Gasteiger partial charge in [0.15, 0.2) is 6.10 Å². The van der Waals surface area contributed by atoms with E-state index < -0.39 is 17.5 Å². The Morgan fingerprint density at radius 2 is 1.90 bits per heavy atom. The predicted molar refractivity (Wildman–Crippen MR) is 113 cm³/mol. The minimum Gasteiger partial charge on any atom is -0.481 e. The normalized spacial score (nSPS) is 15.2. The number of amides is 1. The van der Waals surface area contributed by atoms with E-state index in [2.05, 4.69) is 0 Å². The molecule has 1 saturated heterocycles. The minimum absolute atomic E-state index is 0.0588. The molecule has 1 amide bonds. The third-order valence-corrected chi connectivity index (χ3v) is 5.67. The van der Waals surface area contributed by atoms with Crippen LogP contribution in [0.3, 0.4) is 0 Å². The van der Waals surface area contributed by atoms with Crippen molar-refractivity contribution in [2.24, 2.45) is 0 Å². The number of rotatable bonds is 4. The largest absolute Gasteiger partial charge is 0.481 e. The number of piperidine rings is 1. The lowest BCUT2D eigenvalue weighted by Gasteiger charge is -2.29. The van der Waals surface area contributed by atoms with Crippen molar-refractivity contribution >= 4 is 28.5 Å². The first-order valence-corrected chi connectivity index (χ1v) is 10.3. The zero-order valence-electron chi connectivity index (χ0n) is 16.5. The lowest BCUT2D eigenvalue weighted by Crippen LogP contribution is -2.43. The lowest BCUT2D eigenvalue weighted by atomic mass is 10.0. The van der Waals surface area contributed by atoms with Crippen molar-refractivity contribution in [3.8, 4) is 16.9 Å². The van der Waals surface area contributed by atoms with Crippen LogP contribution in [-0.2, 0) is 4.79 Å². The molecule has 2 heterocycles. The van der Waals surface area contributed by atoms with Gasteiger partial charge >= 0.3 is 5.63 Å². The number of benzene rings is 2. The van der Waals surface area contributed by atoms with Crippen LogP contribution in [0.25, 0.3) is 22.1 Å². The first kappa shape index (κ1) is 20.4. The fourth-order valence-corrected chi connectivity index (χ4v) is 4.00. The number of halogens is 2. The second kappa shape index (κ2) is 8.48. The van der Waals surface area contributed by atoms with E-state index in [-0.39, 0.29) is 16.5 Å². The summed E-state index contributed by atoms with van der Waals surface area (Å²) in [4.78, 5) is 26.5. The SMILES string of the molecule is CC(Oc1ccc2c(-c3cccc(F)c3Cl)cc(=O)oc2c1)C(=O)N1CCCCC1. The first-order chi connectivity index (χ1) is 14.4. The third-order valence-electron chi connectivity index (χ3n) is 5.29. The van der Waals surface area contributed by atoms with Crippen LogP contribution in [0.5, 0.6) is 5.75 Å². The maximum atomic E-state index is 13.9. The monoisotopic (exact) mass is 429 g/mol. The van der Waals surface area contributed by atoms with Gasteiger partial charge in [-0.25, -0.2) is 9.18 Å². The second-order valence-electron chi connectivity index (χ2n) is 7.38. The zero-order valence-corrected chi connectivity index (χ0v) is 17.2. The summed E-state index contributed by atoms with van der Waals surface area (Å²) in [6.45, 7) is 3.20. The molecule has 0 bridgehead atoms. The molecule has 1 unspecified atom stereocenters. The number of hydrogen-bond acceptors (Lipinski definition) is 4. The van der Waals surface area contributed by atoms with Crippen molar-refractivity contribution in [3.05, 3.63) is 63.7 Å². The molecule has 1 aliphatic rings. The molecule has 7 heteroatoms. The van der Waals surface area contributed by atoms with Crippen molar-refractivity contribution in [2.45, 2.75) is 32.3 Å². The molecular weight excluding hydrogens is 409 g/mol. The van der Waals surface area contributed by atoms with Crippen LogP contribution in [-0.4, -0.2) is 30.0 Å². The number of ether oxygens (including phenoxy) is 1. The molecule has 4 rings (SSSR count). The van der Waals surface area contributed by atoms with Gasteiger partial charge in [0.05, 0.1) is 5.02 Å². The van der Waals surface area contributed by atoms with Gasteiger partial charge in [-0.1, -0.05) is 23.7 Å². The summed E-state index contributed by atoms with van der Waals surface area (Å²) >= 11 is 6.11. The summed E-state index contributed by atoms with van der Waals surface area (Å²) in [5.41, 5.74) is 0.548. The summed E-state index contributed by atoms with van der Waals surface area (Å²) in [7, 11) is 0. The van der Waals surface area contributed by atoms with Crippen LogP contribution in [0.2, 0.25) is 5.02 Å². The molecule has 1 atom stereocenters. The number of likely N-dealkylation sites (tertiary alicyclic amines) is 1. The highest BCUT2D eigenvalue weighted by atomic mass is 35.5. The molecule has 0 N–H and O–H groups in total. The first-order valence-electron chi connectivity index (χ1n) is 9.92. The van der Waals surface area contributed by atoms with E-state index in [9.17, 15) is 14.0 Å². The molecule has 1 aromatic heterocycles. The Morgan fingerprint density at radius 1 is 1.13 bits per heavy atom. The van der Waals surface area contributed by atoms with Gasteiger partial charge in [0.25, 0.3) is 5.91 Å². The van der Waals surface area contributed by atoms with E-state index in [0.717, 1.165) is 32.4 Å². The number of hydrogen-bond donors (Lipinski definition) is 0. The molecule has 0 aliphatic carbocycles. The molecule has 30 heavy (non-hydrogen) atoms. The molecule has 0 radical (unpaired) electrons. The Labute approximate surface area is 178 Å². The highest BCUT2D eigenvalue weighted by Gasteiger charge is 2.24. The van der Waals surface area contributed by atoms with Gasteiger partial charge in [0.1, 0.15) is 17.1 Å². The number of carbonyl (C=O) groups excluding carboxylic acids is 1. The van der Waals surface area contributed by atoms with Crippen LogP contribution in [0.4, 0.5) is 4.39 Å². The smallest absolute Gasteiger partial charge is 0.336 e. The van der Waals surface area contributed by atoms with E-state index in [0.29, 0.717) is 22.3 Å². The Balaban J connectivity index is 1.66. The van der Waals surface area contributed by atoms with E-state index in [4.69, 9.17) is 20.8 Å².